The van der Waals surface area contributed by atoms with Crippen LogP contribution in [0, 0.1) is 5.92 Å². The van der Waals surface area contributed by atoms with E-state index >= 15 is 0 Å². The van der Waals surface area contributed by atoms with Gasteiger partial charge in [-0.3, -0.25) is 34.7 Å². The molecule has 2 aromatic rings. The molecule has 0 bridgehead atoms. The van der Waals surface area contributed by atoms with Crippen LogP contribution in [-0.2, 0) is 20.7 Å². The van der Waals surface area contributed by atoms with E-state index in [2.05, 4.69) is 15.5 Å². The van der Waals surface area contributed by atoms with Crippen molar-refractivity contribution in [3.05, 3.63) is 59.2 Å². The summed E-state index contributed by atoms with van der Waals surface area (Å²) in [5, 5.41) is 4.99. The van der Waals surface area contributed by atoms with E-state index in [1.54, 1.807) is 12.1 Å². The second-order valence-electron chi connectivity index (χ2n) is 11.6. The lowest BCUT2D eigenvalue weighted by molar-refractivity contribution is -0.136. The average molecular weight is 547 g/mol. The normalized spacial score (nSPS) is 19.9. The van der Waals surface area contributed by atoms with Crippen LogP contribution in [0.4, 0.5) is 16.2 Å². The van der Waals surface area contributed by atoms with Gasteiger partial charge in [0, 0.05) is 25.2 Å². The minimum Gasteiger partial charge on any atom is -0.444 e. The number of carbonyl (C=O) groups is 5. The Morgan fingerprint density at radius 2 is 1.68 bits per heavy atom. The van der Waals surface area contributed by atoms with E-state index in [1.165, 1.54) is 5.56 Å². The van der Waals surface area contributed by atoms with E-state index in [1.807, 2.05) is 51.1 Å². The van der Waals surface area contributed by atoms with Gasteiger partial charge in [0.2, 0.25) is 11.8 Å². The first-order chi connectivity index (χ1) is 19.0. The van der Waals surface area contributed by atoms with Crippen molar-refractivity contribution in [3.63, 3.8) is 0 Å². The highest BCUT2D eigenvalue weighted by molar-refractivity contribution is 6.25. The molecular formula is C30H34N4O6. The molecule has 2 aromatic carbocycles. The van der Waals surface area contributed by atoms with Crippen molar-refractivity contribution in [1.82, 2.24) is 10.2 Å². The van der Waals surface area contributed by atoms with Gasteiger partial charge in [-0.15, -0.1) is 0 Å². The van der Waals surface area contributed by atoms with Gasteiger partial charge in [-0.05, 0) is 82.2 Å². The van der Waals surface area contributed by atoms with Gasteiger partial charge in [0.05, 0.1) is 16.8 Å². The van der Waals surface area contributed by atoms with Crippen LogP contribution in [0.1, 0.15) is 72.7 Å². The summed E-state index contributed by atoms with van der Waals surface area (Å²) in [5.74, 6) is -1.52. The Labute approximate surface area is 233 Å². The van der Waals surface area contributed by atoms with Gasteiger partial charge in [0.1, 0.15) is 11.6 Å². The van der Waals surface area contributed by atoms with Crippen molar-refractivity contribution < 1.29 is 28.7 Å². The number of hydrogen-bond acceptors (Lipinski definition) is 7. The number of ether oxygens (including phenoxy) is 1. The molecular weight excluding hydrogens is 512 g/mol. The fourth-order valence-electron chi connectivity index (χ4n) is 5.62. The summed E-state index contributed by atoms with van der Waals surface area (Å²) >= 11 is 0. The van der Waals surface area contributed by atoms with Crippen molar-refractivity contribution in [3.8, 4) is 0 Å². The molecule has 210 valence electrons. The van der Waals surface area contributed by atoms with Crippen molar-refractivity contribution in [2.45, 2.75) is 64.5 Å². The molecule has 3 aliphatic rings. The van der Waals surface area contributed by atoms with Gasteiger partial charge in [-0.25, -0.2) is 4.79 Å². The van der Waals surface area contributed by atoms with E-state index in [4.69, 9.17) is 4.74 Å². The van der Waals surface area contributed by atoms with Crippen LogP contribution >= 0.6 is 0 Å². The van der Waals surface area contributed by atoms with Gasteiger partial charge in [-0.1, -0.05) is 18.2 Å². The molecule has 0 radical (unpaired) electrons. The Morgan fingerprint density at radius 1 is 0.975 bits per heavy atom. The standard InChI is InChI=1S/C30H34N4O6/c1-30(2,3)40-29(39)31-20-9-7-18(8-10-20)17-19-13-15-33(16-14-19)22-6-4-5-21-25(22)28(38)34(27(21)37)23-11-12-24(35)32-26(23)36/h4-10,19,23H,11-17H2,1-3H3,(H,31,39)(H,32,35,36). The first-order valence-corrected chi connectivity index (χ1v) is 13.7. The van der Waals surface area contributed by atoms with Crippen LogP contribution in [0.5, 0.6) is 0 Å². The molecule has 1 unspecified atom stereocenters. The third-order valence-electron chi connectivity index (χ3n) is 7.52. The number of anilines is 2. The first kappa shape index (κ1) is 27.4. The first-order valence-electron chi connectivity index (χ1n) is 13.7. The molecule has 0 aliphatic carbocycles. The number of imide groups is 2. The number of carbonyl (C=O) groups excluding carboxylic acids is 5. The fourth-order valence-corrected chi connectivity index (χ4v) is 5.62. The topological polar surface area (TPSA) is 125 Å². The molecule has 5 rings (SSSR count). The summed E-state index contributed by atoms with van der Waals surface area (Å²) in [6.07, 6.45) is 2.47. The highest BCUT2D eigenvalue weighted by atomic mass is 16.6. The minimum atomic E-state index is -0.977. The lowest BCUT2D eigenvalue weighted by atomic mass is 9.89. The van der Waals surface area contributed by atoms with E-state index < -0.39 is 41.4 Å². The maximum absolute atomic E-state index is 13.4. The van der Waals surface area contributed by atoms with Crippen molar-refractivity contribution in [2.24, 2.45) is 5.92 Å². The molecule has 10 heteroatoms. The third-order valence-corrected chi connectivity index (χ3v) is 7.52. The highest BCUT2D eigenvalue weighted by Gasteiger charge is 2.46. The molecule has 0 aromatic heterocycles. The summed E-state index contributed by atoms with van der Waals surface area (Å²) in [7, 11) is 0. The molecule has 3 heterocycles. The molecule has 2 saturated heterocycles. The van der Waals surface area contributed by atoms with Crippen LogP contribution in [0.15, 0.2) is 42.5 Å². The average Bonchev–Trinajstić information content (AvgIpc) is 3.14. The zero-order chi connectivity index (χ0) is 28.6. The molecule has 2 fully saturated rings. The zero-order valence-corrected chi connectivity index (χ0v) is 23.0. The predicted octanol–water partition coefficient (Wildman–Crippen LogP) is 3.89. The molecule has 1 atom stereocenters. The smallest absolute Gasteiger partial charge is 0.412 e. The number of hydrogen-bond donors (Lipinski definition) is 2. The summed E-state index contributed by atoms with van der Waals surface area (Å²) in [5.41, 5.74) is 2.64. The van der Waals surface area contributed by atoms with Gasteiger partial charge in [0.25, 0.3) is 11.8 Å². The Balaban J connectivity index is 1.20. The van der Waals surface area contributed by atoms with Gasteiger partial charge < -0.3 is 9.64 Å². The summed E-state index contributed by atoms with van der Waals surface area (Å²) in [4.78, 5) is 65.7. The van der Waals surface area contributed by atoms with E-state index in [-0.39, 0.29) is 12.8 Å². The number of amides is 5. The Hall–Kier alpha value is -4.21. The van der Waals surface area contributed by atoms with Gasteiger partial charge in [-0.2, -0.15) is 0 Å². The van der Waals surface area contributed by atoms with Crippen LogP contribution in [-0.4, -0.2) is 59.4 Å². The Morgan fingerprint density at radius 3 is 2.33 bits per heavy atom. The zero-order valence-electron chi connectivity index (χ0n) is 23.0. The van der Waals surface area contributed by atoms with Crippen molar-refractivity contribution in [1.29, 1.82) is 0 Å². The predicted molar refractivity (Wildman–Crippen MR) is 148 cm³/mol. The number of nitrogens with zero attached hydrogens (tertiary/aromatic N) is 2. The number of nitrogens with one attached hydrogen (secondary N) is 2. The molecule has 5 amide bonds. The highest BCUT2D eigenvalue weighted by Crippen LogP contribution is 2.36. The molecule has 2 N–H and O–H groups in total. The number of benzene rings is 2. The molecule has 40 heavy (non-hydrogen) atoms. The lowest BCUT2D eigenvalue weighted by Gasteiger charge is -2.34. The summed E-state index contributed by atoms with van der Waals surface area (Å²) < 4.78 is 5.30. The van der Waals surface area contributed by atoms with Crippen LogP contribution in [0.3, 0.4) is 0 Å². The minimum absolute atomic E-state index is 0.0904. The summed E-state index contributed by atoms with van der Waals surface area (Å²) in [6, 6.07) is 12.0. The van der Waals surface area contributed by atoms with E-state index in [0.29, 0.717) is 28.4 Å². The van der Waals surface area contributed by atoms with Crippen molar-refractivity contribution >= 4 is 41.1 Å². The molecule has 10 nitrogen and oxygen atoms in total. The second-order valence-corrected chi connectivity index (χ2v) is 11.6. The second kappa shape index (κ2) is 10.7. The monoisotopic (exact) mass is 546 g/mol. The lowest BCUT2D eigenvalue weighted by Crippen LogP contribution is -2.54. The Kier molecular flexibility index (Phi) is 7.35. The number of piperidine rings is 2. The van der Waals surface area contributed by atoms with Crippen molar-refractivity contribution in [2.75, 3.05) is 23.3 Å². The Bertz CT molecular complexity index is 1360. The molecule has 0 saturated carbocycles. The van der Waals surface area contributed by atoms with Crippen LogP contribution in [0.25, 0.3) is 0 Å². The van der Waals surface area contributed by atoms with Crippen LogP contribution in [0.2, 0.25) is 0 Å². The maximum atomic E-state index is 13.4. The molecule has 0 spiro atoms. The number of fused-ring (bicyclic) bond motifs is 1. The quantitative estimate of drug-likeness (QED) is 0.545. The fraction of sp³-hybridized carbons (Fsp3) is 0.433. The van der Waals surface area contributed by atoms with Gasteiger partial charge >= 0.3 is 6.09 Å². The largest absolute Gasteiger partial charge is 0.444 e. The van der Waals surface area contributed by atoms with E-state index in [0.717, 1.165) is 37.3 Å². The third kappa shape index (κ3) is 5.71. The molecule has 3 aliphatic heterocycles. The maximum Gasteiger partial charge on any atom is 0.412 e. The SMILES string of the molecule is CC(C)(C)OC(=O)Nc1ccc(CC2CCN(c3cccc4c3C(=O)N(C3CCC(=O)NC3=O)C4=O)CC2)cc1. The number of rotatable bonds is 5. The van der Waals surface area contributed by atoms with Gasteiger partial charge in [0.15, 0.2) is 0 Å². The van der Waals surface area contributed by atoms with E-state index in [9.17, 15) is 24.0 Å². The van der Waals surface area contributed by atoms with Crippen LogP contribution < -0.4 is 15.5 Å². The summed E-state index contributed by atoms with van der Waals surface area (Å²) in [6.45, 7) is 6.93.